The van der Waals surface area contributed by atoms with Gasteiger partial charge in [0.1, 0.15) is 11.6 Å². The lowest BCUT2D eigenvalue weighted by atomic mass is 9.96. The molecule has 168 valence electrons. The second kappa shape index (κ2) is 9.67. The zero-order valence-corrected chi connectivity index (χ0v) is 18.7. The van der Waals surface area contributed by atoms with Gasteiger partial charge in [-0.2, -0.15) is 0 Å². The van der Waals surface area contributed by atoms with E-state index in [2.05, 4.69) is 16.7 Å². The summed E-state index contributed by atoms with van der Waals surface area (Å²) in [4.78, 5) is 18.3. The number of hydrogen-bond donors (Lipinski definition) is 1. The van der Waals surface area contributed by atoms with Crippen LogP contribution in [0.5, 0.6) is 5.75 Å². The van der Waals surface area contributed by atoms with Gasteiger partial charge < -0.3 is 14.6 Å². The van der Waals surface area contributed by atoms with Crippen LogP contribution in [0.2, 0.25) is 0 Å². The Hall–Kier alpha value is -2.96. The lowest BCUT2D eigenvalue weighted by molar-refractivity contribution is 0.111. The van der Waals surface area contributed by atoms with Crippen LogP contribution in [-0.4, -0.2) is 52.2 Å². The number of halogens is 1. The molecule has 6 heteroatoms. The van der Waals surface area contributed by atoms with Crippen molar-refractivity contribution in [1.29, 1.82) is 0 Å². The fourth-order valence-corrected chi connectivity index (χ4v) is 4.53. The molecule has 1 saturated heterocycles. The van der Waals surface area contributed by atoms with Crippen LogP contribution in [0, 0.1) is 12.7 Å². The highest BCUT2D eigenvalue weighted by molar-refractivity contribution is 5.41. The molecule has 2 aromatic carbocycles. The van der Waals surface area contributed by atoms with E-state index in [0.29, 0.717) is 17.8 Å². The Labute approximate surface area is 188 Å². The summed E-state index contributed by atoms with van der Waals surface area (Å²) in [5.74, 6) is -0.332. The maximum atomic E-state index is 13.8. The summed E-state index contributed by atoms with van der Waals surface area (Å²) in [5, 5.41) is 11.0. The second-order valence-corrected chi connectivity index (χ2v) is 8.39. The molecule has 1 atom stereocenters. The Balaban J connectivity index is 1.80. The summed E-state index contributed by atoms with van der Waals surface area (Å²) in [7, 11) is 0. The number of likely N-dealkylation sites (N-methyl/N-ethyl adjacent to an activating group) is 1. The molecule has 5 nitrogen and oxygen atoms in total. The predicted octanol–water partition coefficient (Wildman–Crippen LogP) is 3.78. The third kappa shape index (κ3) is 4.61. The highest BCUT2D eigenvalue weighted by Crippen LogP contribution is 2.33. The van der Waals surface area contributed by atoms with Crippen LogP contribution >= 0.6 is 0 Å². The van der Waals surface area contributed by atoms with E-state index in [9.17, 15) is 14.3 Å². The van der Waals surface area contributed by atoms with Gasteiger partial charge in [-0.05, 0) is 42.8 Å². The van der Waals surface area contributed by atoms with Crippen molar-refractivity contribution in [3.05, 3.63) is 99.2 Å². The Morgan fingerprint density at radius 2 is 1.66 bits per heavy atom. The molecule has 3 aromatic rings. The smallest absolute Gasteiger partial charge is 0.259 e. The van der Waals surface area contributed by atoms with Gasteiger partial charge in [-0.25, -0.2) is 4.39 Å². The van der Waals surface area contributed by atoms with Crippen LogP contribution < -0.4 is 5.56 Å². The summed E-state index contributed by atoms with van der Waals surface area (Å²) in [6.45, 7) is 8.69. The third-order valence-electron chi connectivity index (χ3n) is 6.38. The van der Waals surface area contributed by atoms with Crippen molar-refractivity contribution in [2.75, 3.05) is 32.7 Å². The number of aromatic nitrogens is 1. The first-order valence-electron chi connectivity index (χ1n) is 11.2. The molecule has 1 fully saturated rings. The topological polar surface area (TPSA) is 48.7 Å². The molecule has 0 saturated carbocycles. The number of aryl methyl sites for hydroxylation is 1. The Morgan fingerprint density at radius 1 is 1.00 bits per heavy atom. The summed E-state index contributed by atoms with van der Waals surface area (Å²) >= 11 is 0. The van der Waals surface area contributed by atoms with E-state index in [1.807, 2.05) is 37.3 Å². The monoisotopic (exact) mass is 435 g/mol. The molecule has 0 amide bonds. The van der Waals surface area contributed by atoms with Crippen molar-refractivity contribution in [2.45, 2.75) is 26.4 Å². The van der Waals surface area contributed by atoms with Crippen LogP contribution in [0.1, 0.15) is 35.3 Å². The van der Waals surface area contributed by atoms with Gasteiger partial charge in [0.2, 0.25) is 0 Å². The highest BCUT2D eigenvalue weighted by atomic mass is 19.1. The molecule has 0 aliphatic carbocycles. The largest absolute Gasteiger partial charge is 0.507 e. The van der Waals surface area contributed by atoms with Gasteiger partial charge in [0.15, 0.2) is 0 Å². The van der Waals surface area contributed by atoms with E-state index in [4.69, 9.17) is 0 Å². The number of benzene rings is 2. The van der Waals surface area contributed by atoms with Gasteiger partial charge >= 0.3 is 0 Å². The minimum Gasteiger partial charge on any atom is -0.507 e. The highest BCUT2D eigenvalue weighted by Gasteiger charge is 2.31. The van der Waals surface area contributed by atoms with Crippen molar-refractivity contribution >= 4 is 0 Å². The fourth-order valence-electron chi connectivity index (χ4n) is 4.53. The van der Waals surface area contributed by atoms with Crippen molar-refractivity contribution in [2.24, 2.45) is 0 Å². The average Bonchev–Trinajstić information content (AvgIpc) is 2.81. The molecule has 0 bridgehead atoms. The molecule has 1 aromatic heterocycles. The Kier molecular flexibility index (Phi) is 6.72. The zero-order valence-electron chi connectivity index (χ0n) is 18.7. The summed E-state index contributed by atoms with van der Waals surface area (Å²) < 4.78 is 15.4. The van der Waals surface area contributed by atoms with Gasteiger partial charge in [0.25, 0.3) is 5.56 Å². The predicted molar refractivity (Wildman–Crippen MR) is 125 cm³/mol. The van der Waals surface area contributed by atoms with E-state index < -0.39 is 6.04 Å². The summed E-state index contributed by atoms with van der Waals surface area (Å²) in [6.07, 6.45) is 0. The average molecular weight is 436 g/mol. The first kappa shape index (κ1) is 22.2. The van der Waals surface area contributed by atoms with Crippen molar-refractivity contribution in [3.63, 3.8) is 0 Å². The number of piperazine rings is 1. The molecular weight excluding hydrogens is 405 g/mol. The van der Waals surface area contributed by atoms with Gasteiger partial charge in [0, 0.05) is 31.9 Å². The minimum atomic E-state index is -0.440. The van der Waals surface area contributed by atoms with Gasteiger partial charge in [-0.3, -0.25) is 9.69 Å². The maximum absolute atomic E-state index is 13.8. The molecule has 1 aliphatic heterocycles. The molecule has 2 heterocycles. The lowest BCUT2D eigenvalue weighted by Gasteiger charge is -2.39. The minimum absolute atomic E-state index is 0.0101. The fraction of sp³-hybridized carbons (Fsp3) is 0.346. The third-order valence-corrected chi connectivity index (χ3v) is 6.38. The van der Waals surface area contributed by atoms with Crippen LogP contribution in [-0.2, 0) is 6.54 Å². The van der Waals surface area contributed by atoms with Crippen LogP contribution in [0.4, 0.5) is 4.39 Å². The second-order valence-electron chi connectivity index (χ2n) is 8.39. The van der Waals surface area contributed by atoms with Crippen molar-refractivity contribution in [1.82, 2.24) is 14.4 Å². The van der Waals surface area contributed by atoms with E-state index >= 15 is 0 Å². The Bertz CT molecular complexity index is 1100. The first-order chi connectivity index (χ1) is 15.5. The molecule has 32 heavy (non-hydrogen) atoms. The van der Waals surface area contributed by atoms with Crippen molar-refractivity contribution < 1.29 is 9.50 Å². The van der Waals surface area contributed by atoms with Crippen LogP contribution in [0.3, 0.4) is 0 Å². The van der Waals surface area contributed by atoms with Crippen LogP contribution in [0.15, 0.2) is 65.5 Å². The SMILES string of the molecule is CCN1CCN(C(c2ccc(F)cc2)c2c(O)cc(C)n(Cc3ccccc3)c2=O)CC1. The normalized spacial score (nSPS) is 16.2. The first-order valence-corrected chi connectivity index (χ1v) is 11.2. The maximum Gasteiger partial charge on any atom is 0.259 e. The molecule has 1 unspecified atom stereocenters. The molecular formula is C26H30FN3O2. The van der Waals surface area contributed by atoms with Crippen molar-refractivity contribution in [3.8, 4) is 5.75 Å². The molecule has 4 rings (SSSR count). The van der Waals surface area contributed by atoms with Crippen LogP contribution in [0.25, 0.3) is 0 Å². The lowest BCUT2D eigenvalue weighted by Crippen LogP contribution is -2.48. The summed E-state index contributed by atoms with van der Waals surface area (Å²) in [5.41, 5.74) is 2.67. The van der Waals surface area contributed by atoms with E-state index in [-0.39, 0.29) is 17.1 Å². The number of aromatic hydroxyl groups is 1. The van der Waals surface area contributed by atoms with E-state index in [1.54, 1.807) is 22.8 Å². The van der Waals surface area contributed by atoms with E-state index in [1.165, 1.54) is 12.1 Å². The molecule has 0 radical (unpaired) electrons. The standard InChI is InChI=1S/C26H30FN3O2/c1-3-28-13-15-29(16-14-28)25(21-9-11-22(27)12-10-21)24-23(31)17-19(2)30(26(24)32)18-20-7-5-4-6-8-20/h4-12,17,25,31H,3,13-16,18H2,1-2H3. The zero-order chi connectivity index (χ0) is 22.7. The number of nitrogens with zero attached hydrogens (tertiary/aromatic N) is 3. The van der Waals surface area contributed by atoms with Gasteiger partial charge in [-0.1, -0.05) is 49.4 Å². The number of pyridine rings is 1. The molecule has 0 spiro atoms. The number of hydrogen-bond acceptors (Lipinski definition) is 4. The molecule has 1 N–H and O–H groups in total. The number of rotatable bonds is 6. The molecule has 1 aliphatic rings. The van der Waals surface area contributed by atoms with Gasteiger partial charge in [-0.15, -0.1) is 0 Å². The quantitative estimate of drug-likeness (QED) is 0.640. The van der Waals surface area contributed by atoms with E-state index in [0.717, 1.165) is 43.9 Å². The Morgan fingerprint density at radius 3 is 2.28 bits per heavy atom. The van der Waals surface area contributed by atoms with Gasteiger partial charge in [0.05, 0.1) is 18.2 Å². The summed E-state index contributed by atoms with van der Waals surface area (Å²) in [6, 6.07) is 17.3.